The van der Waals surface area contributed by atoms with Gasteiger partial charge in [-0.15, -0.1) is 11.3 Å². The van der Waals surface area contributed by atoms with Crippen molar-refractivity contribution in [2.75, 3.05) is 0 Å². The molecule has 0 saturated heterocycles. The number of hydrogen-bond donors (Lipinski definition) is 2. The molecule has 1 heterocycles. The van der Waals surface area contributed by atoms with E-state index in [1.54, 1.807) is 18.2 Å². The van der Waals surface area contributed by atoms with E-state index in [-0.39, 0.29) is 5.75 Å². The summed E-state index contributed by atoms with van der Waals surface area (Å²) in [5.41, 5.74) is 0.850. The Balaban J connectivity index is 2.78. The van der Waals surface area contributed by atoms with Crippen molar-refractivity contribution in [2.24, 2.45) is 0 Å². The molecule has 78 valence electrons. The van der Waals surface area contributed by atoms with E-state index in [0.29, 0.717) is 11.3 Å². The summed E-state index contributed by atoms with van der Waals surface area (Å²) in [6.45, 7) is 1.93. The van der Waals surface area contributed by atoms with Gasteiger partial charge in [0, 0.05) is 4.70 Å². The molecule has 1 aromatic carbocycles. The number of hydrogen-bond acceptors (Lipinski definition) is 3. The van der Waals surface area contributed by atoms with E-state index in [4.69, 9.17) is 5.11 Å². The summed E-state index contributed by atoms with van der Waals surface area (Å²) in [6, 6.07) is 4.96. The van der Waals surface area contributed by atoms with Crippen molar-refractivity contribution in [3.8, 4) is 5.75 Å². The van der Waals surface area contributed by atoms with Crippen LogP contribution in [0.2, 0.25) is 0 Å². The van der Waals surface area contributed by atoms with Gasteiger partial charge in [-0.05, 0) is 35.6 Å². The number of thiophene rings is 1. The maximum Gasteiger partial charge on any atom is 0.346 e. The molecular formula is C11H10O3S. The van der Waals surface area contributed by atoms with Crippen molar-refractivity contribution in [3.05, 3.63) is 28.6 Å². The molecule has 2 aromatic rings. The Morgan fingerprint density at radius 3 is 2.80 bits per heavy atom. The minimum atomic E-state index is -0.896. The Morgan fingerprint density at radius 1 is 1.47 bits per heavy atom. The number of aryl methyl sites for hydroxylation is 1. The van der Waals surface area contributed by atoms with Gasteiger partial charge in [0.1, 0.15) is 10.6 Å². The molecule has 0 fully saturated rings. The molecule has 0 atom stereocenters. The van der Waals surface area contributed by atoms with Crippen LogP contribution in [0.3, 0.4) is 0 Å². The van der Waals surface area contributed by atoms with Crippen molar-refractivity contribution in [1.82, 2.24) is 0 Å². The molecular weight excluding hydrogens is 212 g/mol. The number of rotatable bonds is 2. The molecule has 4 heteroatoms. The van der Waals surface area contributed by atoms with E-state index in [1.165, 1.54) is 11.3 Å². The first-order valence-electron chi connectivity index (χ1n) is 4.61. The van der Waals surface area contributed by atoms with Crippen molar-refractivity contribution < 1.29 is 15.0 Å². The lowest BCUT2D eigenvalue weighted by Gasteiger charge is -1.96. The molecule has 0 unspecified atom stereocenters. The number of phenols is 1. The predicted molar refractivity (Wildman–Crippen MR) is 59.8 cm³/mol. The number of fused-ring (bicyclic) bond motifs is 1. The molecule has 15 heavy (non-hydrogen) atoms. The van der Waals surface area contributed by atoms with Gasteiger partial charge >= 0.3 is 5.97 Å². The first-order valence-corrected chi connectivity index (χ1v) is 5.42. The average Bonchev–Trinajstić information content (AvgIpc) is 2.55. The molecule has 0 saturated carbocycles. The van der Waals surface area contributed by atoms with Gasteiger partial charge in [0.15, 0.2) is 0 Å². The minimum absolute atomic E-state index is 0.170. The van der Waals surface area contributed by atoms with E-state index >= 15 is 0 Å². The van der Waals surface area contributed by atoms with Crippen LogP contribution >= 0.6 is 11.3 Å². The largest absolute Gasteiger partial charge is 0.508 e. The normalized spacial score (nSPS) is 10.7. The van der Waals surface area contributed by atoms with Crippen molar-refractivity contribution in [1.29, 1.82) is 0 Å². The van der Waals surface area contributed by atoms with Gasteiger partial charge < -0.3 is 10.2 Å². The van der Waals surface area contributed by atoms with Crippen LogP contribution in [0.4, 0.5) is 0 Å². The van der Waals surface area contributed by atoms with E-state index < -0.39 is 5.97 Å². The maximum atomic E-state index is 11.0. The van der Waals surface area contributed by atoms with E-state index in [2.05, 4.69) is 0 Å². The van der Waals surface area contributed by atoms with Crippen LogP contribution < -0.4 is 0 Å². The second-order valence-electron chi connectivity index (χ2n) is 3.25. The average molecular weight is 222 g/mol. The second kappa shape index (κ2) is 3.55. The quantitative estimate of drug-likeness (QED) is 0.821. The zero-order valence-corrected chi connectivity index (χ0v) is 8.97. The van der Waals surface area contributed by atoms with E-state index in [9.17, 15) is 9.90 Å². The first kappa shape index (κ1) is 9.98. The number of phenolic OH excluding ortho intramolecular Hbond substituents is 1. The zero-order chi connectivity index (χ0) is 11.0. The molecule has 2 rings (SSSR count). The number of aromatic carboxylic acids is 1. The molecule has 0 amide bonds. The summed E-state index contributed by atoms with van der Waals surface area (Å²) in [6.07, 6.45) is 0.687. The van der Waals surface area contributed by atoms with Gasteiger partial charge in [-0.1, -0.05) is 6.92 Å². The van der Waals surface area contributed by atoms with E-state index in [0.717, 1.165) is 15.6 Å². The number of benzene rings is 1. The van der Waals surface area contributed by atoms with Gasteiger partial charge in [-0.2, -0.15) is 0 Å². The summed E-state index contributed by atoms with van der Waals surface area (Å²) >= 11 is 1.21. The molecule has 0 aliphatic carbocycles. The lowest BCUT2D eigenvalue weighted by molar-refractivity contribution is 0.0701. The molecule has 1 aromatic heterocycles. The van der Waals surface area contributed by atoms with Crippen LogP contribution in [0, 0.1) is 0 Å². The Morgan fingerprint density at radius 2 is 2.20 bits per heavy atom. The molecule has 3 nitrogen and oxygen atoms in total. The fourth-order valence-electron chi connectivity index (χ4n) is 1.66. The van der Waals surface area contributed by atoms with Crippen molar-refractivity contribution in [2.45, 2.75) is 13.3 Å². The number of carboxylic acid groups (broad SMARTS) is 1. The molecule has 2 N–H and O–H groups in total. The minimum Gasteiger partial charge on any atom is -0.508 e. The first-order chi connectivity index (χ1) is 7.13. The van der Waals surface area contributed by atoms with Gasteiger partial charge in [-0.3, -0.25) is 0 Å². The van der Waals surface area contributed by atoms with Crippen LogP contribution in [0.5, 0.6) is 5.75 Å². The third kappa shape index (κ3) is 1.57. The SMILES string of the molecule is CCc1c(C(=O)O)sc2cc(O)ccc12. The molecule has 0 aliphatic rings. The summed E-state index contributed by atoms with van der Waals surface area (Å²) < 4.78 is 0.823. The maximum absolute atomic E-state index is 11.0. The Kier molecular flexibility index (Phi) is 2.36. The summed E-state index contributed by atoms with van der Waals surface area (Å²) in [5.74, 6) is -0.726. The van der Waals surface area contributed by atoms with Crippen LogP contribution in [-0.2, 0) is 6.42 Å². The Bertz CT molecular complexity index is 528. The zero-order valence-electron chi connectivity index (χ0n) is 8.15. The summed E-state index contributed by atoms with van der Waals surface area (Å²) in [4.78, 5) is 11.4. The topological polar surface area (TPSA) is 57.5 Å². The lowest BCUT2D eigenvalue weighted by Crippen LogP contribution is -1.96. The van der Waals surface area contributed by atoms with Crippen molar-refractivity contribution >= 4 is 27.4 Å². The van der Waals surface area contributed by atoms with Crippen LogP contribution in [-0.4, -0.2) is 16.2 Å². The summed E-state index contributed by atoms with van der Waals surface area (Å²) in [5, 5.41) is 19.2. The Labute approximate surface area is 90.6 Å². The van der Waals surface area contributed by atoms with Crippen LogP contribution in [0.15, 0.2) is 18.2 Å². The lowest BCUT2D eigenvalue weighted by atomic mass is 10.1. The monoisotopic (exact) mass is 222 g/mol. The number of aromatic hydroxyl groups is 1. The van der Waals surface area contributed by atoms with Crippen LogP contribution in [0.1, 0.15) is 22.2 Å². The van der Waals surface area contributed by atoms with Gasteiger partial charge in [0.25, 0.3) is 0 Å². The third-order valence-corrected chi connectivity index (χ3v) is 3.51. The van der Waals surface area contributed by atoms with Crippen molar-refractivity contribution in [3.63, 3.8) is 0 Å². The highest BCUT2D eigenvalue weighted by Gasteiger charge is 2.16. The van der Waals surface area contributed by atoms with Crippen LogP contribution in [0.25, 0.3) is 10.1 Å². The highest BCUT2D eigenvalue weighted by Crippen LogP contribution is 2.33. The highest BCUT2D eigenvalue weighted by molar-refractivity contribution is 7.21. The van der Waals surface area contributed by atoms with Gasteiger partial charge in [-0.25, -0.2) is 4.79 Å². The molecule has 0 aliphatic heterocycles. The van der Waals surface area contributed by atoms with E-state index in [1.807, 2.05) is 6.92 Å². The highest BCUT2D eigenvalue weighted by atomic mass is 32.1. The number of carbonyl (C=O) groups is 1. The smallest absolute Gasteiger partial charge is 0.346 e. The fraction of sp³-hybridized carbons (Fsp3) is 0.182. The Hall–Kier alpha value is -1.55. The molecule has 0 bridgehead atoms. The van der Waals surface area contributed by atoms with Gasteiger partial charge in [0.2, 0.25) is 0 Å². The fourth-order valence-corrected chi connectivity index (χ4v) is 2.83. The predicted octanol–water partition coefficient (Wildman–Crippen LogP) is 2.87. The standard InChI is InChI=1S/C11H10O3S/c1-2-7-8-4-3-6(12)5-9(8)15-10(7)11(13)14/h3-5,12H,2H2,1H3,(H,13,14). The molecule has 0 radical (unpaired) electrons. The third-order valence-electron chi connectivity index (χ3n) is 2.32. The van der Waals surface area contributed by atoms with Gasteiger partial charge in [0.05, 0.1) is 0 Å². The second-order valence-corrected chi connectivity index (χ2v) is 4.30. The number of carboxylic acids is 1. The molecule has 0 spiro atoms. The summed E-state index contributed by atoms with van der Waals surface area (Å²) in [7, 11) is 0.